The minimum absolute atomic E-state index is 0.260. The largest absolute Gasteiger partial charge is 0.467 e. The van der Waals surface area contributed by atoms with Crippen molar-refractivity contribution in [3.05, 3.63) is 23.9 Å². The van der Waals surface area contributed by atoms with Crippen LogP contribution in [0.3, 0.4) is 0 Å². The average molecular weight is 220 g/mol. The highest BCUT2D eigenvalue weighted by atomic mass is 16.5. The SMILES string of the molecule is COC(=O)C1CCN1c1cc(C=O)ccn1. The molecule has 5 nitrogen and oxygen atoms in total. The van der Waals surface area contributed by atoms with Crippen LogP contribution in [0.1, 0.15) is 16.8 Å². The van der Waals surface area contributed by atoms with E-state index in [1.807, 2.05) is 4.90 Å². The normalized spacial score (nSPS) is 18.8. The van der Waals surface area contributed by atoms with Crippen LogP contribution in [0.5, 0.6) is 0 Å². The van der Waals surface area contributed by atoms with Crippen LogP contribution in [-0.2, 0) is 9.53 Å². The highest BCUT2D eigenvalue weighted by molar-refractivity contribution is 5.82. The summed E-state index contributed by atoms with van der Waals surface area (Å²) >= 11 is 0. The highest BCUT2D eigenvalue weighted by Crippen LogP contribution is 2.25. The number of aldehydes is 1. The van der Waals surface area contributed by atoms with Gasteiger partial charge < -0.3 is 9.64 Å². The number of nitrogens with zero attached hydrogens (tertiary/aromatic N) is 2. The van der Waals surface area contributed by atoms with Crippen LogP contribution < -0.4 is 4.90 Å². The molecule has 0 N–H and O–H groups in total. The number of aromatic nitrogens is 1. The monoisotopic (exact) mass is 220 g/mol. The van der Waals surface area contributed by atoms with Gasteiger partial charge in [-0.15, -0.1) is 0 Å². The van der Waals surface area contributed by atoms with Gasteiger partial charge in [-0.25, -0.2) is 9.78 Å². The first-order valence-electron chi connectivity index (χ1n) is 5.02. The summed E-state index contributed by atoms with van der Waals surface area (Å²) in [5, 5.41) is 0. The fourth-order valence-corrected chi connectivity index (χ4v) is 1.71. The molecule has 2 heterocycles. The van der Waals surface area contributed by atoms with E-state index in [0.717, 1.165) is 19.3 Å². The third-order valence-electron chi connectivity index (χ3n) is 2.69. The lowest BCUT2D eigenvalue weighted by Gasteiger charge is -2.39. The molecule has 1 aliphatic rings. The van der Waals surface area contributed by atoms with Crippen molar-refractivity contribution < 1.29 is 14.3 Å². The highest BCUT2D eigenvalue weighted by Gasteiger charge is 2.35. The van der Waals surface area contributed by atoms with Crippen LogP contribution in [0.25, 0.3) is 0 Å². The molecule has 84 valence electrons. The molecule has 0 saturated carbocycles. The maximum Gasteiger partial charge on any atom is 0.328 e. The Morgan fingerprint density at radius 2 is 2.50 bits per heavy atom. The lowest BCUT2D eigenvalue weighted by Crippen LogP contribution is -2.53. The number of ether oxygens (including phenoxy) is 1. The lowest BCUT2D eigenvalue weighted by molar-refractivity contribution is -0.143. The molecule has 1 aliphatic heterocycles. The number of hydrogen-bond donors (Lipinski definition) is 0. The Morgan fingerprint density at radius 3 is 3.06 bits per heavy atom. The van der Waals surface area contributed by atoms with Crippen molar-refractivity contribution in [1.29, 1.82) is 0 Å². The molecule has 2 rings (SSSR count). The number of anilines is 1. The molecule has 1 saturated heterocycles. The summed E-state index contributed by atoms with van der Waals surface area (Å²) in [6.45, 7) is 0.759. The van der Waals surface area contributed by atoms with Gasteiger partial charge in [0.2, 0.25) is 0 Å². The van der Waals surface area contributed by atoms with Gasteiger partial charge in [-0.2, -0.15) is 0 Å². The number of carbonyl (C=O) groups excluding carboxylic acids is 2. The summed E-state index contributed by atoms with van der Waals surface area (Å²) in [5.74, 6) is 0.385. The minimum atomic E-state index is -0.264. The predicted molar refractivity (Wildman–Crippen MR) is 57.4 cm³/mol. The molecule has 5 heteroatoms. The number of methoxy groups -OCH3 is 1. The van der Waals surface area contributed by atoms with E-state index in [-0.39, 0.29) is 12.0 Å². The molecule has 1 unspecified atom stereocenters. The first-order valence-corrected chi connectivity index (χ1v) is 5.02. The van der Waals surface area contributed by atoms with Crippen molar-refractivity contribution >= 4 is 18.1 Å². The molecule has 0 bridgehead atoms. The summed E-state index contributed by atoms with van der Waals surface area (Å²) in [7, 11) is 1.37. The molecular formula is C11H12N2O3. The standard InChI is InChI=1S/C11H12N2O3/c1-16-11(15)9-3-5-13(9)10-6-8(7-14)2-4-12-10/h2,4,6-7,9H,3,5H2,1H3. The Bertz CT molecular complexity index is 419. The van der Waals surface area contributed by atoms with Crippen molar-refractivity contribution in [2.45, 2.75) is 12.5 Å². The molecule has 0 spiro atoms. The summed E-state index contributed by atoms with van der Waals surface area (Å²) in [4.78, 5) is 28.0. The zero-order valence-electron chi connectivity index (χ0n) is 8.92. The van der Waals surface area contributed by atoms with Gasteiger partial charge in [-0.05, 0) is 18.6 Å². The van der Waals surface area contributed by atoms with E-state index in [2.05, 4.69) is 9.72 Å². The van der Waals surface area contributed by atoms with Gasteiger partial charge in [-0.3, -0.25) is 4.79 Å². The van der Waals surface area contributed by atoms with E-state index in [4.69, 9.17) is 0 Å². The molecule has 16 heavy (non-hydrogen) atoms. The Morgan fingerprint density at radius 1 is 1.69 bits per heavy atom. The van der Waals surface area contributed by atoms with Crippen LogP contribution in [0.2, 0.25) is 0 Å². The molecule has 1 aromatic rings. The Hall–Kier alpha value is -1.91. The second kappa shape index (κ2) is 4.30. The number of hydrogen-bond acceptors (Lipinski definition) is 5. The Kier molecular flexibility index (Phi) is 2.85. The van der Waals surface area contributed by atoms with Gasteiger partial charge in [0.15, 0.2) is 0 Å². The van der Waals surface area contributed by atoms with Crippen molar-refractivity contribution in [1.82, 2.24) is 4.98 Å². The number of pyridine rings is 1. The van der Waals surface area contributed by atoms with E-state index in [0.29, 0.717) is 11.4 Å². The van der Waals surface area contributed by atoms with Crippen molar-refractivity contribution in [3.8, 4) is 0 Å². The van der Waals surface area contributed by atoms with E-state index < -0.39 is 0 Å². The van der Waals surface area contributed by atoms with Gasteiger partial charge in [0.1, 0.15) is 18.1 Å². The fraction of sp³-hybridized carbons (Fsp3) is 0.364. The summed E-state index contributed by atoms with van der Waals surface area (Å²) < 4.78 is 4.68. The van der Waals surface area contributed by atoms with Crippen LogP contribution in [0.4, 0.5) is 5.82 Å². The van der Waals surface area contributed by atoms with Crippen molar-refractivity contribution in [2.75, 3.05) is 18.6 Å². The van der Waals surface area contributed by atoms with Gasteiger partial charge in [0, 0.05) is 18.3 Å². The Labute approximate surface area is 93.0 Å². The van der Waals surface area contributed by atoms with Gasteiger partial charge in [0.05, 0.1) is 7.11 Å². The zero-order chi connectivity index (χ0) is 11.5. The van der Waals surface area contributed by atoms with E-state index in [1.165, 1.54) is 7.11 Å². The van der Waals surface area contributed by atoms with Crippen LogP contribution in [0.15, 0.2) is 18.3 Å². The molecular weight excluding hydrogens is 208 g/mol. The maximum absolute atomic E-state index is 11.4. The third kappa shape index (κ3) is 1.76. The molecule has 0 amide bonds. The molecule has 0 aromatic carbocycles. The lowest BCUT2D eigenvalue weighted by atomic mass is 10.0. The first kappa shape index (κ1) is 10.6. The van der Waals surface area contributed by atoms with Gasteiger partial charge in [-0.1, -0.05) is 0 Å². The van der Waals surface area contributed by atoms with Crippen LogP contribution in [0, 0.1) is 0 Å². The fourth-order valence-electron chi connectivity index (χ4n) is 1.71. The summed E-state index contributed by atoms with van der Waals surface area (Å²) in [6, 6.07) is 3.03. The van der Waals surface area contributed by atoms with Gasteiger partial charge in [0.25, 0.3) is 0 Å². The second-order valence-electron chi connectivity index (χ2n) is 3.59. The topological polar surface area (TPSA) is 59.5 Å². The van der Waals surface area contributed by atoms with Crippen LogP contribution in [-0.4, -0.2) is 36.9 Å². The summed E-state index contributed by atoms with van der Waals surface area (Å²) in [5.41, 5.74) is 0.556. The Balaban J connectivity index is 2.18. The van der Waals surface area contributed by atoms with Gasteiger partial charge >= 0.3 is 5.97 Å². The summed E-state index contributed by atoms with van der Waals surface area (Å²) in [6.07, 6.45) is 3.09. The third-order valence-corrected chi connectivity index (χ3v) is 2.69. The maximum atomic E-state index is 11.4. The number of carbonyl (C=O) groups is 2. The quantitative estimate of drug-likeness (QED) is 0.552. The van der Waals surface area contributed by atoms with E-state index in [1.54, 1.807) is 18.3 Å². The van der Waals surface area contributed by atoms with E-state index in [9.17, 15) is 9.59 Å². The van der Waals surface area contributed by atoms with Crippen molar-refractivity contribution in [2.24, 2.45) is 0 Å². The minimum Gasteiger partial charge on any atom is -0.467 e. The number of rotatable bonds is 3. The first-order chi connectivity index (χ1) is 7.76. The molecule has 1 atom stereocenters. The average Bonchev–Trinajstić information content (AvgIpc) is 2.27. The second-order valence-corrected chi connectivity index (χ2v) is 3.59. The molecule has 0 aliphatic carbocycles. The molecule has 0 radical (unpaired) electrons. The predicted octanol–water partition coefficient (Wildman–Crippen LogP) is 0.646. The van der Waals surface area contributed by atoms with E-state index >= 15 is 0 Å². The van der Waals surface area contributed by atoms with Crippen LogP contribution >= 0.6 is 0 Å². The molecule has 1 aromatic heterocycles. The number of esters is 1. The molecule has 1 fully saturated rings. The van der Waals surface area contributed by atoms with Crippen molar-refractivity contribution in [3.63, 3.8) is 0 Å². The smallest absolute Gasteiger partial charge is 0.328 e. The zero-order valence-corrected chi connectivity index (χ0v) is 8.92.